The number of nitrogens with zero attached hydrogens (tertiary/aromatic N) is 2. The van der Waals surface area contributed by atoms with Crippen LogP contribution in [-0.4, -0.2) is 22.2 Å². The van der Waals surface area contributed by atoms with Crippen molar-refractivity contribution in [2.75, 3.05) is 6.54 Å². The van der Waals surface area contributed by atoms with Crippen molar-refractivity contribution >= 4 is 5.91 Å². The van der Waals surface area contributed by atoms with Crippen molar-refractivity contribution in [1.29, 1.82) is 0 Å². The second-order valence-corrected chi connectivity index (χ2v) is 5.54. The van der Waals surface area contributed by atoms with E-state index < -0.39 is 0 Å². The molecule has 1 aliphatic rings. The quantitative estimate of drug-likeness (QED) is 0.841. The molecule has 2 rings (SSSR count). The van der Waals surface area contributed by atoms with Crippen LogP contribution in [-0.2, 0) is 11.3 Å². The normalized spacial score (nSPS) is 14.7. The molecule has 0 spiro atoms. The standard InChI is InChI=1S/C14H21N3O2/c1-10(2)9-13(18)15-7-8-17-14(19)6-5-12(16-17)11-3-4-11/h5-6,10-11H,3-4,7-9H2,1-2H3,(H,15,18). The van der Waals surface area contributed by atoms with E-state index in [1.54, 1.807) is 6.07 Å². The zero-order valence-electron chi connectivity index (χ0n) is 11.6. The Bertz CT molecular complexity index is 504. The van der Waals surface area contributed by atoms with Crippen molar-refractivity contribution in [3.05, 3.63) is 28.2 Å². The predicted octanol–water partition coefficient (Wildman–Crippen LogP) is 1.28. The number of rotatable bonds is 6. The van der Waals surface area contributed by atoms with Gasteiger partial charge in [0.05, 0.1) is 12.2 Å². The molecule has 1 saturated carbocycles. The molecule has 0 unspecified atom stereocenters. The molecule has 5 heteroatoms. The lowest BCUT2D eigenvalue weighted by Gasteiger charge is -2.09. The van der Waals surface area contributed by atoms with Gasteiger partial charge in [-0.3, -0.25) is 9.59 Å². The Hall–Kier alpha value is -1.65. The third-order valence-electron chi connectivity index (χ3n) is 3.12. The first kappa shape index (κ1) is 13.8. The van der Waals surface area contributed by atoms with Gasteiger partial charge in [-0.2, -0.15) is 5.10 Å². The molecule has 104 valence electrons. The average Bonchev–Trinajstić information content (AvgIpc) is 3.14. The Morgan fingerprint density at radius 2 is 2.21 bits per heavy atom. The van der Waals surface area contributed by atoms with E-state index in [9.17, 15) is 9.59 Å². The smallest absolute Gasteiger partial charge is 0.266 e. The topological polar surface area (TPSA) is 64.0 Å². The molecule has 0 aromatic carbocycles. The first-order valence-corrected chi connectivity index (χ1v) is 6.91. The summed E-state index contributed by atoms with van der Waals surface area (Å²) in [6.45, 7) is 4.89. The Kier molecular flexibility index (Phi) is 4.35. The van der Waals surface area contributed by atoms with E-state index in [-0.39, 0.29) is 11.5 Å². The molecule has 0 aliphatic heterocycles. The number of aromatic nitrogens is 2. The summed E-state index contributed by atoms with van der Waals surface area (Å²) >= 11 is 0. The first-order valence-electron chi connectivity index (χ1n) is 6.91. The molecule has 0 radical (unpaired) electrons. The minimum absolute atomic E-state index is 0.0291. The van der Waals surface area contributed by atoms with Crippen molar-refractivity contribution in [2.45, 2.75) is 45.6 Å². The monoisotopic (exact) mass is 263 g/mol. The molecular formula is C14H21N3O2. The largest absolute Gasteiger partial charge is 0.354 e. The van der Waals surface area contributed by atoms with Crippen LogP contribution < -0.4 is 10.9 Å². The van der Waals surface area contributed by atoms with Crippen molar-refractivity contribution in [1.82, 2.24) is 15.1 Å². The van der Waals surface area contributed by atoms with Gasteiger partial charge in [-0.25, -0.2) is 4.68 Å². The van der Waals surface area contributed by atoms with Gasteiger partial charge in [0, 0.05) is 24.9 Å². The summed E-state index contributed by atoms with van der Waals surface area (Å²) in [4.78, 5) is 23.2. The highest BCUT2D eigenvalue weighted by molar-refractivity contribution is 5.75. The van der Waals surface area contributed by atoms with Gasteiger partial charge in [-0.05, 0) is 24.8 Å². The van der Waals surface area contributed by atoms with Crippen LogP contribution in [0.4, 0.5) is 0 Å². The van der Waals surface area contributed by atoms with Crippen molar-refractivity contribution < 1.29 is 4.79 Å². The maximum absolute atomic E-state index is 11.7. The number of hydrogen-bond acceptors (Lipinski definition) is 3. The molecule has 1 heterocycles. The van der Waals surface area contributed by atoms with Crippen LogP contribution >= 0.6 is 0 Å². The summed E-state index contributed by atoms with van der Waals surface area (Å²) in [7, 11) is 0. The molecule has 0 bridgehead atoms. The number of amides is 1. The van der Waals surface area contributed by atoms with Gasteiger partial charge in [0.25, 0.3) is 5.56 Å². The Balaban J connectivity index is 1.86. The maximum atomic E-state index is 11.7. The third kappa shape index (κ3) is 4.19. The van der Waals surface area contributed by atoms with Crippen LogP contribution in [0.2, 0.25) is 0 Å². The summed E-state index contributed by atoms with van der Waals surface area (Å²) in [6, 6.07) is 3.38. The molecule has 1 N–H and O–H groups in total. The molecule has 19 heavy (non-hydrogen) atoms. The number of nitrogens with one attached hydrogen (secondary N) is 1. The van der Waals surface area contributed by atoms with Crippen LogP contribution in [0.1, 0.15) is 44.7 Å². The fourth-order valence-electron chi connectivity index (χ4n) is 1.97. The van der Waals surface area contributed by atoms with Crippen LogP contribution in [0, 0.1) is 5.92 Å². The van der Waals surface area contributed by atoms with Crippen molar-refractivity contribution in [2.24, 2.45) is 5.92 Å². The van der Waals surface area contributed by atoms with E-state index in [4.69, 9.17) is 0 Å². The van der Waals surface area contributed by atoms with Crippen LogP contribution in [0.25, 0.3) is 0 Å². The van der Waals surface area contributed by atoms with Crippen molar-refractivity contribution in [3.63, 3.8) is 0 Å². The van der Waals surface area contributed by atoms with Gasteiger partial charge in [0.1, 0.15) is 0 Å². The van der Waals surface area contributed by atoms with Crippen LogP contribution in [0.15, 0.2) is 16.9 Å². The van der Waals surface area contributed by atoms with E-state index >= 15 is 0 Å². The predicted molar refractivity (Wildman–Crippen MR) is 72.9 cm³/mol. The minimum atomic E-state index is -0.109. The van der Waals surface area contributed by atoms with Crippen molar-refractivity contribution in [3.8, 4) is 0 Å². The number of carbonyl (C=O) groups excluding carboxylic acids is 1. The molecule has 1 fully saturated rings. The molecular weight excluding hydrogens is 242 g/mol. The second-order valence-electron chi connectivity index (χ2n) is 5.54. The molecule has 5 nitrogen and oxygen atoms in total. The van der Waals surface area contributed by atoms with Gasteiger partial charge in [-0.15, -0.1) is 0 Å². The summed E-state index contributed by atoms with van der Waals surface area (Å²) in [6.07, 6.45) is 2.84. The highest BCUT2D eigenvalue weighted by Gasteiger charge is 2.25. The zero-order valence-corrected chi connectivity index (χ0v) is 11.6. The highest BCUT2D eigenvalue weighted by atomic mass is 16.1. The molecule has 1 aromatic rings. The number of carbonyl (C=O) groups is 1. The highest BCUT2D eigenvalue weighted by Crippen LogP contribution is 2.38. The third-order valence-corrected chi connectivity index (χ3v) is 3.12. The Morgan fingerprint density at radius 1 is 1.47 bits per heavy atom. The maximum Gasteiger partial charge on any atom is 0.266 e. The molecule has 1 aromatic heterocycles. The van der Waals surface area contributed by atoms with E-state index in [1.165, 1.54) is 4.68 Å². The molecule has 0 saturated heterocycles. The zero-order chi connectivity index (χ0) is 13.8. The summed E-state index contributed by atoms with van der Waals surface area (Å²) in [5.41, 5.74) is 0.885. The Labute approximate surface area is 113 Å². The fraction of sp³-hybridized carbons (Fsp3) is 0.643. The summed E-state index contributed by atoms with van der Waals surface area (Å²) in [5.74, 6) is 0.905. The van der Waals surface area contributed by atoms with E-state index in [2.05, 4.69) is 10.4 Å². The lowest BCUT2D eigenvalue weighted by atomic mass is 10.1. The SMILES string of the molecule is CC(C)CC(=O)NCCn1nc(C2CC2)ccc1=O. The van der Waals surface area contributed by atoms with Gasteiger partial charge < -0.3 is 5.32 Å². The van der Waals surface area contributed by atoms with Crippen LogP contribution in [0.3, 0.4) is 0 Å². The van der Waals surface area contributed by atoms with Gasteiger partial charge in [0.15, 0.2) is 0 Å². The van der Waals surface area contributed by atoms with E-state index in [0.29, 0.717) is 31.3 Å². The second kappa shape index (κ2) is 5.99. The van der Waals surface area contributed by atoms with Gasteiger partial charge >= 0.3 is 0 Å². The first-order chi connectivity index (χ1) is 9.06. The summed E-state index contributed by atoms with van der Waals surface area (Å²) < 4.78 is 1.45. The molecule has 1 amide bonds. The van der Waals surface area contributed by atoms with E-state index in [1.807, 2.05) is 19.9 Å². The fourth-order valence-corrected chi connectivity index (χ4v) is 1.97. The van der Waals surface area contributed by atoms with Crippen LogP contribution in [0.5, 0.6) is 0 Å². The molecule has 1 aliphatic carbocycles. The summed E-state index contributed by atoms with van der Waals surface area (Å²) in [5, 5.41) is 7.16. The molecule has 0 atom stereocenters. The number of hydrogen-bond donors (Lipinski definition) is 1. The van der Waals surface area contributed by atoms with Gasteiger partial charge in [-0.1, -0.05) is 13.8 Å². The van der Waals surface area contributed by atoms with E-state index in [0.717, 1.165) is 18.5 Å². The lowest BCUT2D eigenvalue weighted by Crippen LogP contribution is -2.32. The lowest BCUT2D eigenvalue weighted by molar-refractivity contribution is -0.121. The van der Waals surface area contributed by atoms with Gasteiger partial charge in [0.2, 0.25) is 5.91 Å². The average molecular weight is 263 g/mol. The Morgan fingerprint density at radius 3 is 2.84 bits per heavy atom. The minimum Gasteiger partial charge on any atom is -0.354 e.